The van der Waals surface area contributed by atoms with E-state index in [2.05, 4.69) is 67.5 Å². The Bertz CT molecular complexity index is 652. The van der Waals surface area contributed by atoms with Gasteiger partial charge in [0.25, 0.3) is 0 Å². The van der Waals surface area contributed by atoms with E-state index in [9.17, 15) is 5.11 Å². The van der Waals surface area contributed by atoms with Crippen molar-refractivity contribution >= 4 is 5.69 Å². The van der Waals surface area contributed by atoms with Gasteiger partial charge in [0.1, 0.15) is 0 Å². The summed E-state index contributed by atoms with van der Waals surface area (Å²) in [6.45, 7) is 0. The molecule has 2 aromatic carbocycles. The first-order valence-electron chi connectivity index (χ1n) is 9.10. The van der Waals surface area contributed by atoms with Crippen molar-refractivity contribution in [2.75, 3.05) is 19.0 Å². The van der Waals surface area contributed by atoms with Crippen LogP contribution in [0.2, 0.25) is 0 Å². The minimum absolute atomic E-state index is 0.326. The van der Waals surface area contributed by atoms with Crippen LogP contribution in [0, 0.1) is 5.92 Å². The minimum atomic E-state index is -0.584. The average Bonchev–Trinajstić information content (AvgIpc) is 2.58. The van der Waals surface area contributed by atoms with Crippen molar-refractivity contribution < 1.29 is 5.11 Å². The summed E-state index contributed by atoms with van der Waals surface area (Å²) in [5.74, 6) is 0.326. The van der Waals surface area contributed by atoms with Crippen LogP contribution in [0.5, 0.6) is 0 Å². The zero-order chi connectivity index (χ0) is 17.0. The predicted octanol–water partition coefficient (Wildman–Crippen LogP) is 4.46. The fourth-order valence-corrected chi connectivity index (χ4v) is 4.15. The Balaban J connectivity index is 1.82. The topological polar surface area (TPSA) is 23.5 Å². The highest BCUT2D eigenvalue weighted by Gasteiger charge is 2.39. The lowest BCUT2D eigenvalue weighted by molar-refractivity contribution is -0.0476. The summed E-state index contributed by atoms with van der Waals surface area (Å²) in [5, 5.41) is 11.5. The normalized spacial score (nSPS) is 23.9. The van der Waals surface area contributed by atoms with Gasteiger partial charge in [-0.15, -0.1) is 0 Å². The Hall–Kier alpha value is -1.80. The van der Waals surface area contributed by atoms with Gasteiger partial charge in [-0.3, -0.25) is 0 Å². The fraction of sp³-hybridized carbons (Fsp3) is 0.455. The SMILES string of the molecule is CN(C)c1ccccc1CC1CCCCC1(O)Cc1ccccc1. The van der Waals surface area contributed by atoms with Crippen LogP contribution >= 0.6 is 0 Å². The smallest absolute Gasteiger partial charge is 0.0719 e. The zero-order valence-corrected chi connectivity index (χ0v) is 14.9. The number of aliphatic hydroxyl groups is 1. The number of nitrogens with zero attached hydrogens (tertiary/aromatic N) is 1. The van der Waals surface area contributed by atoms with Gasteiger partial charge in [0.2, 0.25) is 0 Å². The van der Waals surface area contributed by atoms with Gasteiger partial charge >= 0.3 is 0 Å². The molecule has 3 rings (SSSR count). The largest absolute Gasteiger partial charge is 0.389 e. The number of hydrogen-bond donors (Lipinski definition) is 1. The minimum Gasteiger partial charge on any atom is -0.389 e. The summed E-state index contributed by atoms with van der Waals surface area (Å²) in [4.78, 5) is 2.18. The molecule has 0 spiro atoms. The van der Waals surface area contributed by atoms with Crippen molar-refractivity contribution in [3.8, 4) is 0 Å². The molecule has 0 bridgehead atoms. The van der Waals surface area contributed by atoms with Crippen LogP contribution < -0.4 is 4.90 Å². The molecule has 0 radical (unpaired) electrons. The lowest BCUT2D eigenvalue weighted by atomic mass is 9.70. The van der Waals surface area contributed by atoms with E-state index < -0.39 is 5.60 Å². The maximum Gasteiger partial charge on any atom is 0.0719 e. The molecule has 0 aliphatic heterocycles. The molecule has 1 aliphatic rings. The first-order valence-corrected chi connectivity index (χ1v) is 9.10. The molecule has 0 saturated heterocycles. The van der Waals surface area contributed by atoms with E-state index in [1.165, 1.54) is 23.2 Å². The van der Waals surface area contributed by atoms with E-state index in [-0.39, 0.29) is 0 Å². The summed E-state index contributed by atoms with van der Waals surface area (Å²) in [6, 6.07) is 19.0. The molecule has 24 heavy (non-hydrogen) atoms. The quantitative estimate of drug-likeness (QED) is 0.878. The molecule has 2 unspecified atom stereocenters. The van der Waals surface area contributed by atoms with Crippen molar-refractivity contribution in [3.05, 3.63) is 65.7 Å². The standard InChI is InChI=1S/C22H29NO/c1-23(2)21-14-7-6-12-19(21)16-20-13-8-9-15-22(20,24)17-18-10-4-3-5-11-18/h3-7,10-12,14,20,24H,8-9,13,15-17H2,1-2H3. The van der Waals surface area contributed by atoms with Gasteiger partial charge in [-0.2, -0.15) is 0 Å². The van der Waals surface area contributed by atoms with E-state index in [4.69, 9.17) is 0 Å². The molecule has 0 heterocycles. The van der Waals surface area contributed by atoms with Crippen LogP contribution in [-0.2, 0) is 12.8 Å². The highest BCUT2D eigenvalue weighted by molar-refractivity contribution is 5.52. The lowest BCUT2D eigenvalue weighted by Crippen LogP contribution is -2.43. The molecule has 2 heteroatoms. The molecule has 1 saturated carbocycles. The molecule has 0 amide bonds. The van der Waals surface area contributed by atoms with E-state index in [1.807, 2.05) is 6.07 Å². The maximum atomic E-state index is 11.5. The first kappa shape index (κ1) is 17.0. The van der Waals surface area contributed by atoms with Crippen molar-refractivity contribution in [3.63, 3.8) is 0 Å². The Kier molecular flexibility index (Phi) is 5.25. The van der Waals surface area contributed by atoms with Crippen molar-refractivity contribution in [2.24, 2.45) is 5.92 Å². The summed E-state index contributed by atoms with van der Waals surface area (Å²) >= 11 is 0. The molecule has 1 aliphatic carbocycles. The third kappa shape index (κ3) is 3.81. The molecule has 0 aromatic heterocycles. The van der Waals surface area contributed by atoms with E-state index in [1.54, 1.807) is 0 Å². The first-order chi connectivity index (χ1) is 11.6. The van der Waals surface area contributed by atoms with Gasteiger partial charge in [-0.05, 0) is 42.4 Å². The highest BCUT2D eigenvalue weighted by Crippen LogP contribution is 2.39. The molecule has 2 atom stereocenters. The number of para-hydroxylation sites is 1. The van der Waals surface area contributed by atoms with Crippen molar-refractivity contribution in [2.45, 2.75) is 44.1 Å². The Morgan fingerprint density at radius 2 is 1.71 bits per heavy atom. The van der Waals surface area contributed by atoms with E-state index in [0.717, 1.165) is 32.1 Å². The van der Waals surface area contributed by atoms with Crippen LogP contribution in [0.3, 0.4) is 0 Å². The fourth-order valence-electron chi connectivity index (χ4n) is 4.15. The monoisotopic (exact) mass is 323 g/mol. The number of benzene rings is 2. The Labute approximate surface area is 146 Å². The van der Waals surface area contributed by atoms with Crippen LogP contribution in [0.25, 0.3) is 0 Å². The second-order valence-electron chi connectivity index (χ2n) is 7.44. The summed E-state index contributed by atoms with van der Waals surface area (Å²) < 4.78 is 0. The Morgan fingerprint density at radius 3 is 2.46 bits per heavy atom. The molecule has 1 N–H and O–H groups in total. The second-order valence-corrected chi connectivity index (χ2v) is 7.44. The average molecular weight is 323 g/mol. The van der Waals surface area contributed by atoms with Gasteiger partial charge in [-0.25, -0.2) is 0 Å². The van der Waals surface area contributed by atoms with Gasteiger partial charge in [0.05, 0.1) is 5.60 Å². The molecule has 1 fully saturated rings. The lowest BCUT2D eigenvalue weighted by Gasteiger charge is -2.41. The van der Waals surface area contributed by atoms with Crippen molar-refractivity contribution in [1.29, 1.82) is 0 Å². The van der Waals surface area contributed by atoms with Gasteiger partial charge < -0.3 is 10.0 Å². The zero-order valence-electron chi connectivity index (χ0n) is 14.9. The Morgan fingerprint density at radius 1 is 1.00 bits per heavy atom. The van der Waals surface area contributed by atoms with Gasteiger partial charge in [-0.1, -0.05) is 61.4 Å². The van der Waals surface area contributed by atoms with Crippen molar-refractivity contribution in [1.82, 2.24) is 0 Å². The maximum absolute atomic E-state index is 11.5. The van der Waals surface area contributed by atoms with Crippen LogP contribution in [-0.4, -0.2) is 24.8 Å². The third-order valence-corrected chi connectivity index (χ3v) is 5.47. The molecule has 2 aromatic rings. The molecular formula is C22H29NO. The molecule has 2 nitrogen and oxygen atoms in total. The number of anilines is 1. The predicted molar refractivity (Wildman–Crippen MR) is 102 cm³/mol. The third-order valence-electron chi connectivity index (χ3n) is 5.47. The summed E-state index contributed by atoms with van der Waals surface area (Å²) in [5.41, 5.74) is 3.28. The van der Waals surface area contributed by atoms with Gasteiger partial charge in [0.15, 0.2) is 0 Å². The summed E-state index contributed by atoms with van der Waals surface area (Å²) in [7, 11) is 4.19. The number of hydrogen-bond acceptors (Lipinski definition) is 2. The number of rotatable bonds is 5. The van der Waals surface area contributed by atoms with E-state index >= 15 is 0 Å². The molecular weight excluding hydrogens is 294 g/mol. The van der Waals surface area contributed by atoms with Gasteiger partial charge in [0, 0.05) is 26.2 Å². The van der Waals surface area contributed by atoms with Crippen LogP contribution in [0.4, 0.5) is 5.69 Å². The second kappa shape index (κ2) is 7.40. The molecule has 128 valence electrons. The van der Waals surface area contributed by atoms with Crippen LogP contribution in [0.15, 0.2) is 54.6 Å². The highest BCUT2D eigenvalue weighted by atomic mass is 16.3. The summed E-state index contributed by atoms with van der Waals surface area (Å²) in [6.07, 6.45) is 6.11. The van der Waals surface area contributed by atoms with Crippen LogP contribution in [0.1, 0.15) is 36.8 Å². The van der Waals surface area contributed by atoms with E-state index in [0.29, 0.717) is 5.92 Å².